The van der Waals surface area contributed by atoms with E-state index in [0.29, 0.717) is 17.5 Å². The molecule has 1 fully saturated rings. The lowest BCUT2D eigenvalue weighted by Crippen LogP contribution is -2.31. The van der Waals surface area contributed by atoms with E-state index in [1.807, 2.05) is 37.3 Å². The third kappa shape index (κ3) is 4.08. The molecule has 2 heterocycles. The first kappa shape index (κ1) is 20.1. The number of benzene rings is 2. The quantitative estimate of drug-likeness (QED) is 0.738. The Balaban J connectivity index is 1.33. The van der Waals surface area contributed by atoms with Gasteiger partial charge in [-0.2, -0.15) is 0 Å². The Kier molecular flexibility index (Phi) is 5.84. The highest BCUT2D eigenvalue weighted by atomic mass is 16.2. The van der Waals surface area contributed by atoms with E-state index in [1.165, 1.54) is 24.2 Å². The number of piperidine rings is 1. The van der Waals surface area contributed by atoms with Gasteiger partial charge in [0.2, 0.25) is 5.91 Å². The molecule has 30 heavy (non-hydrogen) atoms. The van der Waals surface area contributed by atoms with E-state index in [-0.39, 0.29) is 30.7 Å². The zero-order valence-electron chi connectivity index (χ0n) is 17.3. The van der Waals surface area contributed by atoms with Crippen molar-refractivity contribution < 1.29 is 14.4 Å². The Morgan fingerprint density at radius 2 is 1.70 bits per heavy atom. The van der Waals surface area contributed by atoms with Crippen LogP contribution in [-0.2, 0) is 4.79 Å². The summed E-state index contributed by atoms with van der Waals surface area (Å²) in [6, 6.07) is 13.2. The van der Waals surface area contributed by atoms with Gasteiger partial charge in [0.1, 0.15) is 0 Å². The van der Waals surface area contributed by atoms with E-state index in [0.717, 1.165) is 30.0 Å². The summed E-state index contributed by atoms with van der Waals surface area (Å²) in [5.41, 5.74) is 3.73. The number of carbonyl (C=O) groups is 3. The van der Waals surface area contributed by atoms with Crippen LogP contribution < -0.4 is 10.2 Å². The van der Waals surface area contributed by atoms with Gasteiger partial charge in [-0.25, -0.2) is 0 Å². The lowest BCUT2D eigenvalue weighted by atomic mass is 10.1. The number of nitrogens with one attached hydrogen (secondary N) is 1. The first-order chi connectivity index (χ1) is 14.5. The molecule has 2 aromatic rings. The van der Waals surface area contributed by atoms with Crippen molar-refractivity contribution in [1.82, 2.24) is 4.90 Å². The zero-order valence-corrected chi connectivity index (χ0v) is 17.3. The number of rotatable bonds is 6. The molecule has 2 aliphatic heterocycles. The number of amides is 3. The van der Waals surface area contributed by atoms with E-state index in [1.54, 1.807) is 12.1 Å². The number of para-hydroxylation sites is 2. The number of nitrogens with zero attached hydrogens (tertiary/aromatic N) is 2. The predicted octanol–water partition coefficient (Wildman–Crippen LogP) is 4.00. The van der Waals surface area contributed by atoms with Gasteiger partial charge < -0.3 is 10.2 Å². The van der Waals surface area contributed by atoms with Gasteiger partial charge in [0.05, 0.1) is 22.5 Å². The third-order valence-electron chi connectivity index (χ3n) is 5.79. The number of anilines is 2. The van der Waals surface area contributed by atoms with Crippen molar-refractivity contribution in [1.29, 1.82) is 0 Å². The third-order valence-corrected chi connectivity index (χ3v) is 5.79. The molecular weight excluding hydrogens is 378 g/mol. The fourth-order valence-electron chi connectivity index (χ4n) is 4.21. The Bertz CT molecular complexity index is 979. The van der Waals surface area contributed by atoms with Gasteiger partial charge in [-0.3, -0.25) is 19.3 Å². The van der Waals surface area contributed by atoms with Crippen LogP contribution in [0.15, 0.2) is 42.5 Å². The summed E-state index contributed by atoms with van der Waals surface area (Å²) < 4.78 is 0. The smallest absolute Gasteiger partial charge is 0.261 e. The lowest BCUT2D eigenvalue weighted by molar-refractivity contribution is -0.116. The SMILES string of the molecule is Cc1ccc2c(c1)C(=O)N(CCCC(=O)Nc1ccccc1N1CCCCC1)C2=O. The summed E-state index contributed by atoms with van der Waals surface area (Å²) in [5, 5.41) is 3.01. The summed E-state index contributed by atoms with van der Waals surface area (Å²) in [6.45, 7) is 4.15. The van der Waals surface area contributed by atoms with Gasteiger partial charge >= 0.3 is 0 Å². The van der Waals surface area contributed by atoms with Crippen molar-refractivity contribution in [3.05, 3.63) is 59.2 Å². The van der Waals surface area contributed by atoms with E-state index in [4.69, 9.17) is 0 Å². The molecule has 0 bridgehead atoms. The van der Waals surface area contributed by atoms with Crippen LogP contribution in [-0.4, -0.2) is 42.3 Å². The van der Waals surface area contributed by atoms with Gasteiger partial charge in [0.25, 0.3) is 11.8 Å². The van der Waals surface area contributed by atoms with Crippen LogP contribution in [0.5, 0.6) is 0 Å². The maximum absolute atomic E-state index is 12.5. The molecule has 0 radical (unpaired) electrons. The van der Waals surface area contributed by atoms with Gasteiger partial charge in [-0.15, -0.1) is 0 Å². The average Bonchev–Trinajstić information content (AvgIpc) is 2.99. The van der Waals surface area contributed by atoms with Crippen molar-refractivity contribution in [3.63, 3.8) is 0 Å². The molecule has 6 heteroatoms. The molecule has 2 aliphatic rings. The van der Waals surface area contributed by atoms with Crippen LogP contribution in [0.4, 0.5) is 11.4 Å². The standard InChI is InChI=1S/C24H27N3O3/c1-17-11-12-18-19(16-17)24(30)27(23(18)29)15-7-10-22(28)25-20-8-3-4-9-21(20)26-13-5-2-6-14-26/h3-4,8-9,11-12,16H,2,5-7,10,13-15H2,1H3,(H,25,28). The highest BCUT2D eigenvalue weighted by Gasteiger charge is 2.35. The van der Waals surface area contributed by atoms with Crippen molar-refractivity contribution in [2.75, 3.05) is 29.9 Å². The van der Waals surface area contributed by atoms with E-state index in [9.17, 15) is 14.4 Å². The molecule has 3 amide bonds. The van der Waals surface area contributed by atoms with Gasteiger partial charge in [-0.05, 0) is 56.9 Å². The topological polar surface area (TPSA) is 69.7 Å². The van der Waals surface area contributed by atoms with Crippen LogP contribution in [0.1, 0.15) is 58.4 Å². The number of carbonyl (C=O) groups excluding carboxylic acids is 3. The first-order valence-corrected chi connectivity index (χ1v) is 10.7. The van der Waals surface area contributed by atoms with Crippen LogP contribution in [0.3, 0.4) is 0 Å². The maximum Gasteiger partial charge on any atom is 0.261 e. The van der Waals surface area contributed by atoms with Gasteiger partial charge in [-0.1, -0.05) is 23.8 Å². The Labute approximate surface area is 176 Å². The summed E-state index contributed by atoms with van der Waals surface area (Å²) >= 11 is 0. The molecule has 0 aliphatic carbocycles. The number of hydrogen-bond acceptors (Lipinski definition) is 4. The molecule has 0 aromatic heterocycles. The largest absolute Gasteiger partial charge is 0.370 e. The number of imide groups is 1. The number of hydrogen-bond donors (Lipinski definition) is 1. The zero-order chi connectivity index (χ0) is 21.1. The van der Waals surface area contributed by atoms with Crippen molar-refractivity contribution >= 4 is 29.1 Å². The molecule has 1 N–H and O–H groups in total. The normalized spacial score (nSPS) is 16.0. The molecule has 4 rings (SSSR count). The number of fused-ring (bicyclic) bond motifs is 1. The second-order valence-electron chi connectivity index (χ2n) is 8.03. The highest BCUT2D eigenvalue weighted by Crippen LogP contribution is 2.28. The van der Waals surface area contributed by atoms with Crippen LogP contribution in [0.2, 0.25) is 0 Å². The monoisotopic (exact) mass is 405 g/mol. The minimum Gasteiger partial charge on any atom is -0.370 e. The molecule has 0 atom stereocenters. The fourth-order valence-corrected chi connectivity index (χ4v) is 4.21. The maximum atomic E-state index is 12.5. The van der Waals surface area contributed by atoms with Crippen LogP contribution in [0.25, 0.3) is 0 Å². The summed E-state index contributed by atoms with van der Waals surface area (Å²) in [7, 11) is 0. The molecule has 0 saturated carbocycles. The molecule has 1 saturated heterocycles. The molecule has 0 spiro atoms. The van der Waals surface area contributed by atoms with E-state index in [2.05, 4.69) is 10.2 Å². The van der Waals surface area contributed by atoms with Crippen LogP contribution >= 0.6 is 0 Å². The van der Waals surface area contributed by atoms with Crippen LogP contribution in [0, 0.1) is 6.92 Å². The molecule has 6 nitrogen and oxygen atoms in total. The summed E-state index contributed by atoms with van der Waals surface area (Å²) in [5.74, 6) is -0.646. The second kappa shape index (κ2) is 8.69. The fraction of sp³-hybridized carbons (Fsp3) is 0.375. The highest BCUT2D eigenvalue weighted by molar-refractivity contribution is 6.21. The predicted molar refractivity (Wildman–Crippen MR) is 117 cm³/mol. The van der Waals surface area contributed by atoms with Gasteiger partial charge in [0, 0.05) is 26.1 Å². The van der Waals surface area contributed by atoms with E-state index < -0.39 is 0 Å². The summed E-state index contributed by atoms with van der Waals surface area (Å²) in [4.78, 5) is 41.1. The van der Waals surface area contributed by atoms with Crippen molar-refractivity contribution in [2.24, 2.45) is 0 Å². The lowest BCUT2D eigenvalue weighted by Gasteiger charge is -2.30. The molecular formula is C24H27N3O3. The summed E-state index contributed by atoms with van der Waals surface area (Å²) in [6.07, 6.45) is 4.27. The number of aryl methyl sites for hydroxylation is 1. The van der Waals surface area contributed by atoms with Gasteiger partial charge in [0.15, 0.2) is 0 Å². The van der Waals surface area contributed by atoms with E-state index >= 15 is 0 Å². The van der Waals surface area contributed by atoms with Crippen molar-refractivity contribution in [3.8, 4) is 0 Å². The Morgan fingerprint density at radius 3 is 2.50 bits per heavy atom. The Morgan fingerprint density at radius 1 is 0.967 bits per heavy atom. The minimum atomic E-state index is -0.272. The molecule has 0 unspecified atom stereocenters. The minimum absolute atomic E-state index is 0.105. The Hall–Kier alpha value is -3.15. The average molecular weight is 405 g/mol. The first-order valence-electron chi connectivity index (χ1n) is 10.7. The van der Waals surface area contributed by atoms with Crippen molar-refractivity contribution in [2.45, 2.75) is 39.0 Å². The second-order valence-corrected chi connectivity index (χ2v) is 8.03. The molecule has 156 valence electrons. The molecule has 2 aromatic carbocycles.